The number of rotatable bonds is 4. The van der Waals surface area contributed by atoms with Crippen LogP contribution in [0.15, 0.2) is 0 Å². The molecular weight excluding hydrogens is 160 g/mol. The van der Waals surface area contributed by atoms with Gasteiger partial charge in [0.1, 0.15) is 6.29 Å². The van der Waals surface area contributed by atoms with E-state index >= 15 is 0 Å². The summed E-state index contributed by atoms with van der Waals surface area (Å²) in [5, 5.41) is 0. The number of carbonyl (C=O) groups excluding carboxylic acids is 1. The van der Waals surface area contributed by atoms with Crippen LogP contribution in [0.3, 0.4) is 0 Å². The van der Waals surface area contributed by atoms with Crippen molar-refractivity contribution in [2.45, 2.75) is 52.9 Å². The van der Waals surface area contributed by atoms with Crippen LogP contribution >= 0.6 is 0 Å². The molecule has 0 saturated heterocycles. The lowest BCUT2D eigenvalue weighted by Crippen LogP contribution is -2.29. The van der Waals surface area contributed by atoms with E-state index in [9.17, 15) is 4.79 Å². The van der Waals surface area contributed by atoms with Gasteiger partial charge in [-0.1, -0.05) is 33.6 Å². The minimum Gasteiger partial charge on any atom is -0.303 e. The Hall–Kier alpha value is -0.330. The van der Waals surface area contributed by atoms with Gasteiger partial charge in [0.15, 0.2) is 0 Å². The highest BCUT2D eigenvalue weighted by molar-refractivity contribution is 5.60. The van der Waals surface area contributed by atoms with Crippen molar-refractivity contribution in [1.82, 2.24) is 0 Å². The zero-order chi connectivity index (χ0) is 9.90. The molecular formula is C12H22O. The third kappa shape index (κ3) is 1.95. The van der Waals surface area contributed by atoms with Gasteiger partial charge in [-0.15, -0.1) is 0 Å². The molecule has 1 nitrogen and oxygen atoms in total. The predicted molar refractivity (Wildman–Crippen MR) is 55.6 cm³/mol. The Labute approximate surface area is 81.9 Å². The molecule has 0 N–H and O–H groups in total. The highest BCUT2D eigenvalue weighted by Gasteiger charge is 2.41. The molecule has 1 rings (SSSR count). The molecule has 1 heteroatoms. The Balaban J connectivity index is 2.74. The van der Waals surface area contributed by atoms with Gasteiger partial charge in [-0.25, -0.2) is 0 Å². The van der Waals surface area contributed by atoms with Crippen LogP contribution in [0, 0.1) is 17.3 Å². The van der Waals surface area contributed by atoms with Crippen molar-refractivity contribution in [1.29, 1.82) is 0 Å². The number of hydrogen-bond donors (Lipinski definition) is 0. The molecule has 1 aliphatic rings. The minimum atomic E-state index is 0.0446. The van der Waals surface area contributed by atoms with E-state index in [0.29, 0.717) is 5.92 Å². The molecule has 0 spiro atoms. The van der Waals surface area contributed by atoms with E-state index < -0.39 is 0 Å². The van der Waals surface area contributed by atoms with Gasteiger partial charge in [-0.3, -0.25) is 0 Å². The molecule has 2 unspecified atom stereocenters. The highest BCUT2D eigenvalue weighted by atomic mass is 16.1. The molecule has 0 radical (unpaired) electrons. The molecule has 1 saturated carbocycles. The van der Waals surface area contributed by atoms with E-state index in [1.54, 1.807) is 0 Å². The van der Waals surface area contributed by atoms with Gasteiger partial charge in [-0.05, 0) is 31.1 Å². The average molecular weight is 182 g/mol. The van der Waals surface area contributed by atoms with Gasteiger partial charge in [0.2, 0.25) is 0 Å². The molecule has 1 aliphatic carbocycles. The number of carbonyl (C=O) groups is 1. The summed E-state index contributed by atoms with van der Waals surface area (Å²) >= 11 is 0. The molecule has 0 aromatic carbocycles. The zero-order valence-electron chi connectivity index (χ0n) is 9.18. The van der Waals surface area contributed by atoms with E-state index in [1.807, 2.05) is 0 Å². The maximum Gasteiger partial charge on any atom is 0.126 e. The first-order chi connectivity index (χ1) is 6.18. The van der Waals surface area contributed by atoms with Crippen LogP contribution in [-0.2, 0) is 4.79 Å². The standard InChI is InChI=1S/C12H22O/c1-4-11(5-2)12(9-13)7-6-10(3)8-12/h9-11H,4-8H2,1-3H3. The molecule has 0 aromatic heterocycles. The number of hydrogen-bond acceptors (Lipinski definition) is 1. The first kappa shape index (κ1) is 10.7. The minimum absolute atomic E-state index is 0.0446. The second kappa shape index (κ2) is 4.26. The van der Waals surface area contributed by atoms with Crippen LogP contribution in [-0.4, -0.2) is 6.29 Å². The smallest absolute Gasteiger partial charge is 0.126 e. The molecule has 1 fully saturated rings. The Morgan fingerprint density at radius 1 is 1.46 bits per heavy atom. The van der Waals surface area contributed by atoms with Crippen molar-refractivity contribution in [3.8, 4) is 0 Å². The summed E-state index contributed by atoms with van der Waals surface area (Å²) in [6.07, 6.45) is 7.07. The van der Waals surface area contributed by atoms with E-state index in [0.717, 1.165) is 31.6 Å². The monoisotopic (exact) mass is 182 g/mol. The molecule has 2 atom stereocenters. The van der Waals surface area contributed by atoms with Gasteiger partial charge in [0, 0.05) is 5.41 Å². The lowest BCUT2D eigenvalue weighted by Gasteiger charge is -2.31. The first-order valence-corrected chi connectivity index (χ1v) is 5.64. The summed E-state index contributed by atoms with van der Waals surface area (Å²) in [6, 6.07) is 0. The fourth-order valence-electron chi connectivity index (χ4n) is 3.04. The van der Waals surface area contributed by atoms with Crippen molar-refractivity contribution in [3.63, 3.8) is 0 Å². The fourth-order valence-corrected chi connectivity index (χ4v) is 3.04. The van der Waals surface area contributed by atoms with Crippen molar-refractivity contribution in [2.24, 2.45) is 17.3 Å². The maximum absolute atomic E-state index is 11.2. The van der Waals surface area contributed by atoms with E-state index in [-0.39, 0.29) is 5.41 Å². The molecule has 0 bridgehead atoms. The molecule has 0 amide bonds. The zero-order valence-corrected chi connectivity index (χ0v) is 9.18. The van der Waals surface area contributed by atoms with Crippen LogP contribution in [0.5, 0.6) is 0 Å². The van der Waals surface area contributed by atoms with E-state index in [1.165, 1.54) is 12.7 Å². The second-order valence-electron chi connectivity index (χ2n) is 4.71. The van der Waals surface area contributed by atoms with Gasteiger partial charge in [0.05, 0.1) is 0 Å². The van der Waals surface area contributed by atoms with E-state index in [4.69, 9.17) is 0 Å². The second-order valence-corrected chi connectivity index (χ2v) is 4.71. The SMILES string of the molecule is CCC(CC)C1(C=O)CCC(C)C1. The Kier molecular flexibility index (Phi) is 3.52. The third-order valence-electron chi connectivity index (χ3n) is 3.86. The third-order valence-corrected chi connectivity index (χ3v) is 3.86. The summed E-state index contributed by atoms with van der Waals surface area (Å²) in [4.78, 5) is 11.2. The average Bonchev–Trinajstić information content (AvgIpc) is 2.51. The predicted octanol–water partition coefficient (Wildman–Crippen LogP) is 3.43. The van der Waals surface area contributed by atoms with Crippen LogP contribution in [0.1, 0.15) is 52.9 Å². The molecule has 76 valence electrons. The fraction of sp³-hybridized carbons (Fsp3) is 0.917. The Morgan fingerprint density at radius 2 is 2.08 bits per heavy atom. The van der Waals surface area contributed by atoms with Crippen molar-refractivity contribution in [3.05, 3.63) is 0 Å². The normalized spacial score (nSPS) is 34.0. The van der Waals surface area contributed by atoms with Gasteiger partial charge in [0.25, 0.3) is 0 Å². The molecule has 0 aliphatic heterocycles. The van der Waals surface area contributed by atoms with E-state index in [2.05, 4.69) is 20.8 Å². The van der Waals surface area contributed by atoms with Crippen molar-refractivity contribution >= 4 is 6.29 Å². The first-order valence-electron chi connectivity index (χ1n) is 5.64. The Bertz CT molecular complexity index is 172. The summed E-state index contributed by atoms with van der Waals surface area (Å²) in [6.45, 7) is 6.69. The highest BCUT2D eigenvalue weighted by Crippen LogP contribution is 2.47. The van der Waals surface area contributed by atoms with Crippen molar-refractivity contribution in [2.75, 3.05) is 0 Å². The quantitative estimate of drug-likeness (QED) is 0.609. The summed E-state index contributed by atoms with van der Waals surface area (Å²) in [5.74, 6) is 1.38. The summed E-state index contributed by atoms with van der Waals surface area (Å²) in [5.41, 5.74) is 0.0446. The lowest BCUT2D eigenvalue weighted by atomic mass is 9.72. The lowest BCUT2D eigenvalue weighted by molar-refractivity contribution is -0.119. The summed E-state index contributed by atoms with van der Waals surface area (Å²) in [7, 11) is 0. The van der Waals surface area contributed by atoms with Gasteiger partial charge >= 0.3 is 0 Å². The van der Waals surface area contributed by atoms with Crippen LogP contribution in [0.2, 0.25) is 0 Å². The maximum atomic E-state index is 11.2. The molecule has 0 heterocycles. The number of aldehydes is 1. The van der Waals surface area contributed by atoms with Crippen molar-refractivity contribution < 1.29 is 4.79 Å². The molecule has 13 heavy (non-hydrogen) atoms. The van der Waals surface area contributed by atoms with Gasteiger partial charge < -0.3 is 4.79 Å². The van der Waals surface area contributed by atoms with Crippen LogP contribution in [0.4, 0.5) is 0 Å². The largest absolute Gasteiger partial charge is 0.303 e. The molecule has 0 aromatic rings. The Morgan fingerprint density at radius 3 is 2.38 bits per heavy atom. The van der Waals surface area contributed by atoms with Crippen LogP contribution < -0.4 is 0 Å². The van der Waals surface area contributed by atoms with Gasteiger partial charge in [-0.2, -0.15) is 0 Å². The topological polar surface area (TPSA) is 17.1 Å². The van der Waals surface area contributed by atoms with Crippen LogP contribution in [0.25, 0.3) is 0 Å². The summed E-state index contributed by atoms with van der Waals surface area (Å²) < 4.78 is 0.